The van der Waals surface area contributed by atoms with E-state index in [1.165, 1.54) is 38.5 Å². The Bertz CT molecular complexity index is 420. The highest BCUT2D eigenvalue weighted by atomic mass is 16.5. The zero-order valence-electron chi connectivity index (χ0n) is 12.5. The molecule has 0 fully saturated rings. The van der Waals surface area contributed by atoms with E-state index in [1.54, 1.807) is 12.4 Å². The summed E-state index contributed by atoms with van der Waals surface area (Å²) in [5.41, 5.74) is 6.20. The van der Waals surface area contributed by atoms with Crippen molar-refractivity contribution in [1.82, 2.24) is 4.98 Å². The monoisotopic (exact) mass is 274 g/mol. The molecule has 0 amide bonds. The molecule has 0 aliphatic heterocycles. The molecule has 2 N–H and O–H groups in total. The van der Waals surface area contributed by atoms with Crippen LogP contribution in [0.15, 0.2) is 18.5 Å². The molecule has 1 rings (SSSR count). The Morgan fingerprint density at radius 1 is 1.10 bits per heavy atom. The molecule has 0 aromatic carbocycles. The van der Waals surface area contributed by atoms with Gasteiger partial charge in [0.05, 0.1) is 19.3 Å². The van der Waals surface area contributed by atoms with Crippen LogP contribution in [0.1, 0.15) is 57.4 Å². The van der Waals surface area contributed by atoms with Gasteiger partial charge >= 0.3 is 0 Å². The largest absolute Gasteiger partial charge is 0.492 e. The smallest absolute Gasteiger partial charge is 0.138 e. The van der Waals surface area contributed by atoms with Gasteiger partial charge in [0.25, 0.3) is 0 Å². The summed E-state index contributed by atoms with van der Waals surface area (Å²) in [4.78, 5) is 4.12. The van der Waals surface area contributed by atoms with Gasteiger partial charge in [0.15, 0.2) is 0 Å². The van der Waals surface area contributed by atoms with Gasteiger partial charge in [0.2, 0.25) is 0 Å². The number of hydrogen-bond acceptors (Lipinski definition) is 3. The lowest BCUT2D eigenvalue weighted by Gasteiger charge is -2.06. The van der Waals surface area contributed by atoms with Gasteiger partial charge in [-0.15, -0.1) is 0 Å². The van der Waals surface area contributed by atoms with Crippen LogP contribution in [-0.4, -0.2) is 18.1 Å². The summed E-state index contributed by atoms with van der Waals surface area (Å²) in [6.07, 6.45) is 12.5. The molecule has 110 valence electrons. The Morgan fingerprint density at radius 2 is 1.85 bits per heavy atom. The number of aromatic nitrogens is 1. The van der Waals surface area contributed by atoms with Crippen LogP contribution in [0.2, 0.25) is 0 Å². The van der Waals surface area contributed by atoms with Crippen LogP contribution in [0.4, 0.5) is 0 Å². The van der Waals surface area contributed by atoms with Crippen LogP contribution >= 0.6 is 0 Å². The minimum atomic E-state index is 0.364. The Kier molecular flexibility index (Phi) is 9.34. The molecule has 3 nitrogen and oxygen atoms in total. The normalized spacial score (nSPS) is 9.90. The maximum Gasteiger partial charge on any atom is 0.138 e. The third-order valence-electron chi connectivity index (χ3n) is 3.06. The quantitative estimate of drug-likeness (QED) is 0.553. The van der Waals surface area contributed by atoms with Crippen LogP contribution in [0.25, 0.3) is 0 Å². The van der Waals surface area contributed by atoms with Gasteiger partial charge in [-0.3, -0.25) is 4.98 Å². The van der Waals surface area contributed by atoms with Crippen LogP contribution in [-0.2, 0) is 0 Å². The molecule has 20 heavy (non-hydrogen) atoms. The van der Waals surface area contributed by atoms with Crippen molar-refractivity contribution in [3.8, 4) is 17.6 Å². The van der Waals surface area contributed by atoms with Gasteiger partial charge in [0.1, 0.15) is 5.75 Å². The number of pyridine rings is 1. The van der Waals surface area contributed by atoms with Gasteiger partial charge < -0.3 is 10.5 Å². The summed E-state index contributed by atoms with van der Waals surface area (Å²) < 4.78 is 5.69. The maximum absolute atomic E-state index is 5.69. The summed E-state index contributed by atoms with van der Waals surface area (Å²) in [6, 6.07) is 1.91. The van der Waals surface area contributed by atoms with E-state index in [9.17, 15) is 0 Å². The van der Waals surface area contributed by atoms with E-state index in [4.69, 9.17) is 10.5 Å². The van der Waals surface area contributed by atoms with E-state index < -0.39 is 0 Å². The summed E-state index contributed by atoms with van der Waals surface area (Å²) in [7, 11) is 0. The first-order valence-corrected chi connectivity index (χ1v) is 7.63. The second kappa shape index (κ2) is 11.3. The lowest BCUT2D eigenvalue weighted by Crippen LogP contribution is -1.98. The standard InChI is InChI=1S/C17H26N2O/c1-2-3-4-5-6-7-8-12-20-17-13-16(10-9-11-18)14-19-15-17/h13-15H,2-8,11-12,18H2,1H3. The number of nitrogens with zero attached hydrogens (tertiary/aromatic N) is 1. The Labute approximate surface area is 122 Å². The summed E-state index contributed by atoms with van der Waals surface area (Å²) >= 11 is 0. The molecule has 3 heteroatoms. The third-order valence-corrected chi connectivity index (χ3v) is 3.06. The first kappa shape index (κ1) is 16.5. The number of ether oxygens (including phenoxy) is 1. The molecule has 1 aromatic rings. The average molecular weight is 274 g/mol. The number of unbranched alkanes of at least 4 members (excludes halogenated alkanes) is 6. The highest BCUT2D eigenvalue weighted by Crippen LogP contribution is 2.12. The Hall–Kier alpha value is -1.53. The van der Waals surface area contributed by atoms with Crippen molar-refractivity contribution < 1.29 is 4.74 Å². The minimum Gasteiger partial charge on any atom is -0.492 e. The molecule has 0 spiro atoms. The molecule has 0 saturated carbocycles. The van der Waals surface area contributed by atoms with E-state index in [0.29, 0.717) is 6.54 Å². The van der Waals surface area contributed by atoms with E-state index in [0.717, 1.165) is 24.3 Å². The SMILES string of the molecule is CCCCCCCCCOc1cncc(C#CCN)c1. The summed E-state index contributed by atoms with van der Waals surface area (Å²) in [5, 5.41) is 0. The highest BCUT2D eigenvalue weighted by molar-refractivity contribution is 5.36. The van der Waals surface area contributed by atoms with Crippen LogP contribution in [0.5, 0.6) is 5.75 Å². The summed E-state index contributed by atoms with van der Waals surface area (Å²) in [6.45, 7) is 3.36. The second-order valence-electron chi connectivity index (χ2n) is 4.89. The van der Waals surface area contributed by atoms with Crippen molar-refractivity contribution in [2.24, 2.45) is 5.73 Å². The van der Waals surface area contributed by atoms with E-state index in [1.807, 2.05) is 6.07 Å². The van der Waals surface area contributed by atoms with Crippen LogP contribution in [0.3, 0.4) is 0 Å². The molecule has 0 aliphatic carbocycles. The first-order chi connectivity index (χ1) is 9.86. The number of rotatable bonds is 9. The van der Waals surface area contributed by atoms with Crippen molar-refractivity contribution in [1.29, 1.82) is 0 Å². The Morgan fingerprint density at radius 3 is 2.60 bits per heavy atom. The molecule has 0 aliphatic rings. The first-order valence-electron chi connectivity index (χ1n) is 7.63. The van der Waals surface area contributed by atoms with Crippen molar-refractivity contribution in [2.75, 3.05) is 13.2 Å². The molecule has 0 radical (unpaired) electrons. The van der Waals surface area contributed by atoms with Gasteiger partial charge in [-0.2, -0.15) is 0 Å². The molecule has 0 atom stereocenters. The molecule has 1 aromatic heterocycles. The lowest BCUT2D eigenvalue weighted by atomic mass is 10.1. The van der Waals surface area contributed by atoms with E-state index in [-0.39, 0.29) is 0 Å². The number of hydrogen-bond donors (Lipinski definition) is 1. The predicted octanol–water partition coefficient (Wildman–Crippen LogP) is 3.52. The predicted molar refractivity (Wildman–Crippen MR) is 83.7 cm³/mol. The zero-order valence-corrected chi connectivity index (χ0v) is 12.5. The third kappa shape index (κ3) is 7.81. The molecule has 0 saturated heterocycles. The van der Waals surface area contributed by atoms with Crippen molar-refractivity contribution in [3.63, 3.8) is 0 Å². The van der Waals surface area contributed by atoms with Gasteiger partial charge in [0, 0.05) is 11.8 Å². The van der Waals surface area contributed by atoms with Crippen LogP contribution in [0, 0.1) is 11.8 Å². The second-order valence-corrected chi connectivity index (χ2v) is 4.89. The highest BCUT2D eigenvalue weighted by Gasteiger charge is 1.96. The Balaban J connectivity index is 2.15. The zero-order chi connectivity index (χ0) is 14.5. The lowest BCUT2D eigenvalue weighted by molar-refractivity contribution is 0.303. The minimum absolute atomic E-state index is 0.364. The summed E-state index contributed by atoms with van der Waals surface area (Å²) in [5.74, 6) is 6.56. The van der Waals surface area contributed by atoms with Crippen molar-refractivity contribution in [3.05, 3.63) is 24.0 Å². The fraction of sp³-hybridized carbons (Fsp3) is 0.588. The van der Waals surface area contributed by atoms with Gasteiger partial charge in [-0.05, 0) is 12.5 Å². The average Bonchev–Trinajstić information content (AvgIpc) is 2.48. The van der Waals surface area contributed by atoms with Gasteiger partial charge in [-0.25, -0.2) is 0 Å². The molecule has 1 heterocycles. The molecule has 0 bridgehead atoms. The van der Waals surface area contributed by atoms with E-state index in [2.05, 4.69) is 23.7 Å². The van der Waals surface area contributed by atoms with Crippen molar-refractivity contribution >= 4 is 0 Å². The molecule has 0 unspecified atom stereocenters. The van der Waals surface area contributed by atoms with Gasteiger partial charge in [-0.1, -0.05) is 57.3 Å². The topological polar surface area (TPSA) is 48.1 Å². The van der Waals surface area contributed by atoms with Crippen LogP contribution < -0.4 is 10.5 Å². The fourth-order valence-electron chi connectivity index (χ4n) is 1.97. The maximum atomic E-state index is 5.69. The number of nitrogens with two attached hydrogens (primary N) is 1. The molecular formula is C17H26N2O. The molecular weight excluding hydrogens is 248 g/mol. The van der Waals surface area contributed by atoms with Crippen molar-refractivity contribution in [2.45, 2.75) is 51.9 Å². The fourth-order valence-corrected chi connectivity index (χ4v) is 1.97. The van der Waals surface area contributed by atoms with E-state index >= 15 is 0 Å².